The summed E-state index contributed by atoms with van der Waals surface area (Å²) in [6.07, 6.45) is 0.842. The smallest absolute Gasteiger partial charge is 0.176 e. The van der Waals surface area contributed by atoms with Gasteiger partial charge in [-0.2, -0.15) is 0 Å². The van der Waals surface area contributed by atoms with Crippen LogP contribution < -0.4 is 10.5 Å². The molecule has 0 aromatic heterocycles. The van der Waals surface area contributed by atoms with Crippen LogP contribution in [0.4, 0.5) is 0 Å². The average molecular weight is 193 g/mol. The molecule has 0 aliphatic heterocycles. The predicted octanol–water partition coefficient (Wildman–Crippen LogP) is 1.40. The summed E-state index contributed by atoms with van der Waals surface area (Å²) in [5.74, 6) is 0.781. The van der Waals surface area contributed by atoms with Crippen LogP contribution in [0.3, 0.4) is 0 Å². The molecule has 0 heterocycles. The molecular weight excluding hydrogens is 178 g/mol. The first-order valence-electron chi connectivity index (χ1n) is 4.63. The van der Waals surface area contributed by atoms with Gasteiger partial charge in [-0.3, -0.25) is 4.79 Å². The van der Waals surface area contributed by atoms with Crippen molar-refractivity contribution in [1.82, 2.24) is 0 Å². The number of ketones is 1. The minimum absolute atomic E-state index is 0.0395. The van der Waals surface area contributed by atoms with Crippen LogP contribution in [0.15, 0.2) is 18.2 Å². The van der Waals surface area contributed by atoms with Crippen LogP contribution in [0.5, 0.6) is 5.75 Å². The lowest BCUT2D eigenvalue weighted by atomic mass is 10.0. The molecule has 1 rings (SSSR count). The van der Waals surface area contributed by atoms with E-state index in [1.54, 1.807) is 13.2 Å². The lowest BCUT2D eigenvalue weighted by Crippen LogP contribution is -2.13. The van der Waals surface area contributed by atoms with Gasteiger partial charge in [0.25, 0.3) is 0 Å². The van der Waals surface area contributed by atoms with Crippen LogP contribution in [0.25, 0.3) is 0 Å². The van der Waals surface area contributed by atoms with Gasteiger partial charge in [0.1, 0.15) is 5.75 Å². The Kier molecular flexibility index (Phi) is 3.65. The molecule has 0 fully saturated rings. The molecule has 14 heavy (non-hydrogen) atoms. The maximum absolute atomic E-state index is 11.3. The highest BCUT2D eigenvalue weighted by molar-refractivity contribution is 5.97. The second-order valence-electron chi connectivity index (χ2n) is 3.01. The molecule has 0 saturated heterocycles. The fourth-order valence-corrected chi connectivity index (χ4v) is 1.35. The zero-order chi connectivity index (χ0) is 10.6. The number of methoxy groups -OCH3 is 1. The van der Waals surface area contributed by atoms with Crippen LogP contribution in [0.2, 0.25) is 0 Å². The monoisotopic (exact) mass is 193 g/mol. The van der Waals surface area contributed by atoms with Crippen molar-refractivity contribution in [3.05, 3.63) is 29.3 Å². The highest BCUT2D eigenvalue weighted by Crippen LogP contribution is 2.20. The highest BCUT2D eigenvalue weighted by Gasteiger charge is 2.07. The first kappa shape index (κ1) is 10.7. The van der Waals surface area contributed by atoms with Crippen molar-refractivity contribution in [3.8, 4) is 5.75 Å². The number of hydrogen-bond acceptors (Lipinski definition) is 3. The van der Waals surface area contributed by atoms with Crippen molar-refractivity contribution in [1.29, 1.82) is 0 Å². The molecule has 0 aliphatic rings. The standard InChI is InChI=1S/C11H15NO2/c1-3-8-6-9(10(13)7-12)4-5-11(8)14-2/h4-6H,3,7,12H2,1-2H3. The topological polar surface area (TPSA) is 52.3 Å². The highest BCUT2D eigenvalue weighted by atomic mass is 16.5. The Morgan fingerprint density at radius 1 is 1.50 bits per heavy atom. The number of ether oxygens (including phenoxy) is 1. The molecule has 0 spiro atoms. The Hall–Kier alpha value is -1.35. The van der Waals surface area contributed by atoms with E-state index in [0.29, 0.717) is 5.56 Å². The summed E-state index contributed by atoms with van der Waals surface area (Å²) in [4.78, 5) is 11.3. The van der Waals surface area contributed by atoms with Gasteiger partial charge >= 0.3 is 0 Å². The molecule has 0 saturated carbocycles. The maximum atomic E-state index is 11.3. The van der Waals surface area contributed by atoms with Gasteiger partial charge in [-0.05, 0) is 30.2 Å². The summed E-state index contributed by atoms with van der Waals surface area (Å²) in [5.41, 5.74) is 6.98. The number of benzene rings is 1. The Balaban J connectivity index is 3.07. The van der Waals surface area contributed by atoms with Crippen LogP contribution in [-0.4, -0.2) is 19.4 Å². The predicted molar refractivity (Wildman–Crippen MR) is 55.8 cm³/mol. The summed E-state index contributed by atoms with van der Waals surface area (Å²) in [5, 5.41) is 0. The largest absolute Gasteiger partial charge is 0.496 e. The zero-order valence-electron chi connectivity index (χ0n) is 8.54. The quantitative estimate of drug-likeness (QED) is 0.735. The fourth-order valence-electron chi connectivity index (χ4n) is 1.35. The lowest BCUT2D eigenvalue weighted by molar-refractivity contribution is 0.100. The molecular formula is C11H15NO2. The summed E-state index contributed by atoms with van der Waals surface area (Å²) in [7, 11) is 1.62. The number of rotatable bonds is 4. The van der Waals surface area contributed by atoms with E-state index in [-0.39, 0.29) is 12.3 Å². The molecule has 2 N–H and O–H groups in total. The maximum Gasteiger partial charge on any atom is 0.176 e. The molecule has 0 bridgehead atoms. The van der Waals surface area contributed by atoms with Crippen molar-refractivity contribution < 1.29 is 9.53 Å². The summed E-state index contributed by atoms with van der Waals surface area (Å²) < 4.78 is 5.16. The zero-order valence-corrected chi connectivity index (χ0v) is 8.54. The minimum Gasteiger partial charge on any atom is -0.496 e. The average Bonchev–Trinajstić information content (AvgIpc) is 2.26. The van der Waals surface area contributed by atoms with Gasteiger partial charge in [0.2, 0.25) is 0 Å². The van der Waals surface area contributed by atoms with E-state index in [1.807, 2.05) is 19.1 Å². The van der Waals surface area contributed by atoms with Gasteiger partial charge in [-0.15, -0.1) is 0 Å². The molecule has 0 amide bonds. The van der Waals surface area contributed by atoms with E-state index >= 15 is 0 Å². The number of aryl methyl sites for hydroxylation is 1. The van der Waals surface area contributed by atoms with Crippen molar-refractivity contribution in [2.24, 2.45) is 5.73 Å². The number of carbonyl (C=O) groups excluding carboxylic acids is 1. The third-order valence-electron chi connectivity index (χ3n) is 2.17. The van der Waals surface area contributed by atoms with Gasteiger partial charge in [0.15, 0.2) is 5.78 Å². The lowest BCUT2D eigenvalue weighted by Gasteiger charge is -2.07. The van der Waals surface area contributed by atoms with Crippen LogP contribution in [-0.2, 0) is 6.42 Å². The molecule has 76 valence electrons. The third kappa shape index (κ3) is 2.12. The molecule has 0 atom stereocenters. The van der Waals surface area contributed by atoms with E-state index in [9.17, 15) is 4.79 Å². The first-order chi connectivity index (χ1) is 6.72. The SMILES string of the molecule is CCc1cc(C(=O)CN)ccc1OC. The number of Topliss-reactive ketones (excluding diaryl/α,β-unsaturated/α-hetero) is 1. The molecule has 0 radical (unpaired) electrons. The molecule has 3 heteroatoms. The second-order valence-corrected chi connectivity index (χ2v) is 3.01. The summed E-state index contributed by atoms with van der Waals surface area (Å²) >= 11 is 0. The van der Waals surface area contributed by atoms with Crippen molar-refractivity contribution in [2.45, 2.75) is 13.3 Å². The molecule has 0 unspecified atom stereocenters. The normalized spacial score (nSPS) is 9.93. The fraction of sp³-hybridized carbons (Fsp3) is 0.364. The Bertz CT molecular complexity index is 334. The van der Waals surface area contributed by atoms with Gasteiger partial charge in [-0.25, -0.2) is 0 Å². The molecule has 1 aromatic rings. The number of carbonyl (C=O) groups is 1. The summed E-state index contributed by atoms with van der Waals surface area (Å²) in [6, 6.07) is 5.39. The Morgan fingerprint density at radius 3 is 2.71 bits per heavy atom. The molecule has 3 nitrogen and oxygen atoms in total. The van der Waals surface area contributed by atoms with E-state index in [2.05, 4.69) is 0 Å². The van der Waals surface area contributed by atoms with Gasteiger partial charge in [0.05, 0.1) is 13.7 Å². The van der Waals surface area contributed by atoms with E-state index in [1.165, 1.54) is 0 Å². The molecule has 1 aromatic carbocycles. The summed E-state index contributed by atoms with van der Waals surface area (Å²) in [6.45, 7) is 2.07. The van der Waals surface area contributed by atoms with Crippen molar-refractivity contribution in [3.63, 3.8) is 0 Å². The van der Waals surface area contributed by atoms with Gasteiger partial charge in [0, 0.05) is 5.56 Å². The third-order valence-corrected chi connectivity index (χ3v) is 2.17. The van der Waals surface area contributed by atoms with Gasteiger partial charge < -0.3 is 10.5 Å². The van der Waals surface area contributed by atoms with E-state index in [0.717, 1.165) is 17.7 Å². The minimum atomic E-state index is -0.0395. The van der Waals surface area contributed by atoms with E-state index < -0.39 is 0 Å². The second kappa shape index (κ2) is 4.77. The Morgan fingerprint density at radius 2 is 2.21 bits per heavy atom. The number of nitrogens with two attached hydrogens (primary N) is 1. The van der Waals surface area contributed by atoms with Crippen molar-refractivity contribution in [2.75, 3.05) is 13.7 Å². The van der Waals surface area contributed by atoms with Crippen LogP contribution in [0.1, 0.15) is 22.8 Å². The molecule has 0 aliphatic carbocycles. The van der Waals surface area contributed by atoms with E-state index in [4.69, 9.17) is 10.5 Å². The van der Waals surface area contributed by atoms with Crippen LogP contribution in [0, 0.1) is 0 Å². The van der Waals surface area contributed by atoms with Crippen molar-refractivity contribution >= 4 is 5.78 Å². The first-order valence-corrected chi connectivity index (χ1v) is 4.63. The Labute approximate surface area is 83.9 Å². The number of hydrogen-bond donors (Lipinski definition) is 1. The van der Waals surface area contributed by atoms with Crippen LogP contribution >= 0.6 is 0 Å². The van der Waals surface area contributed by atoms with Gasteiger partial charge in [-0.1, -0.05) is 6.92 Å².